The van der Waals surface area contributed by atoms with E-state index in [9.17, 15) is 0 Å². The first-order valence-electron chi connectivity index (χ1n) is 5.29. The number of aromatic nitrogens is 2. The Hall–Kier alpha value is -1.65. The molecule has 0 unspecified atom stereocenters. The first-order valence-corrected chi connectivity index (χ1v) is 6.11. The van der Waals surface area contributed by atoms with E-state index in [4.69, 9.17) is 5.73 Å². The van der Waals surface area contributed by atoms with Crippen molar-refractivity contribution in [2.75, 3.05) is 5.73 Å². The number of fused-ring (bicyclic) bond motifs is 1. The van der Waals surface area contributed by atoms with E-state index in [2.05, 4.69) is 34.2 Å². The average Bonchev–Trinajstić information content (AvgIpc) is 2.70. The molecular weight excluding hydrogens is 266 g/mol. The van der Waals surface area contributed by atoms with Crippen LogP contribution in [0.15, 0.2) is 58.3 Å². The molecule has 2 aromatic carbocycles. The van der Waals surface area contributed by atoms with Crippen molar-refractivity contribution in [1.82, 2.24) is 9.97 Å². The lowest BCUT2D eigenvalue weighted by molar-refractivity contribution is 1.35. The molecule has 1 aromatic heterocycles. The van der Waals surface area contributed by atoms with Crippen LogP contribution in [-0.4, -0.2) is 9.97 Å². The second-order valence-electron chi connectivity index (χ2n) is 3.72. The van der Waals surface area contributed by atoms with Crippen LogP contribution in [-0.2, 0) is 0 Å². The molecule has 0 aliphatic carbocycles. The van der Waals surface area contributed by atoms with Crippen molar-refractivity contribution in [3.05, 3.63) is 48.5 Å². The largest absolute Gasteiger partial charge is 0.369 e. The van der Waals surface area contributed by atoms with Crippen LogP contribution < -0.4 is 5.73 Å². The number of hydrogen-bond acceptors (Lipinski definition) is 3. The van der Waals surface area contributed by atoms with Crippen molar-refractivity contribution in [3.63, 3.8) is 0 Å². The number of halogens is 1. The van der Waals surface area contributed by atoms with Crippen LogP contribution in [0.5, 0.6) is 0 Å². The minimum absolute atomic E-state index is 0. The molecule has 5 heteroatoms. The standard InChI is InChI=1S/C13H11N3S.ClH/c14-13-15-11-7-6-10(8-12(11)16-13)17-9-4-2-1-3-5-9;/h1-8H,(H3,14,15,16);1H. The molecule has 3 N–H and O–H groups in total. The van der Waals surface area contributed by atoms with Crippen molar-refractivity contribution in [3.8, 4) is 0 Å². The predicted molar refractivity (Wildman–Crippen MR) is 78.3 cm³/mol. The Morgan fingerprint density at radius 2 is 1.78 bits per heavy atom. The lowest BCUT2D eigenvalue weighted by Gasteiger charge is -2.00. The minimum atomic E-state index is 0. The number of H-pyrrole nitrogens is 1. The van der Waals surface area contributed by atoms with Crippen LogP contribution in [0.2, 0.25) is 0 Å². The summed E-state index contributed by atoms with van der Waals surface area (Å²) in [7, 11) is 0. The van der Waals surface area contributed by atoms with E-state index in [0.29, 0.717) is 5.95 Å². The van der Waals surface area contributed by atoms with Gasteiger partial charge in [-0.1, -0.05) is 30.0 Å². The summed E-state index contributed by atoms with van der Waals surface area (Å²) in [6, 6.07) is 16.4. The normalized spacial score (nSPS) is 10.2. The molecule has 18 heavy (non-hydrogen) atoms. The lowest BCUT2D eigenvalue weighted by atomic mass is 10.3. The number of nitrogens with one attached hydrogen (secondary N) is 1. The Bertz CT molecular complexity index is 652. The smallest absolute Gasteiger partial charge is 0.198 e. The number of imidazole rings is 1. The predicted octanol–water partition coefficient (Wildman–Crippen LogP) is 3.72. The number of nitrogens with two attached hydrogens (primary N) is 1. The Morgan fingerprint density at radius 3 is 2.56 bits per heavy atom. The summed E-state index contributed by atoms with van der Waals surface area (Å²) in [6.45, 7) is 0. The van der Waals surface area contributed by atoms with Gasteiger partial charge in [0.05, 0.1) is 11.0 Å². The van der Waals surface area contributed by atoms with Crippen LogP contribution in [0.1, 0.15) is 0 Å². The number of anilines is 1. The zero-order valence-electron chi connectivity index (χ0n) is 9.46. The van der Waals surface area contributed by atoms with Crippen molar-refractivity contribution < 1.29 is 0 Å². The van der Waals surface area contributed by atoms with Crippen molar-refractivity contribution in [1.29, 1.82) is 0 Å². The number of nitrogen functional groups attached to an aromatic ring is 1. The van der Waals surface area contributed by atoms with E-state index >= 15 is 0 Å². The molecule has 0 fully saturated rings. The van der Waals surface area contributed by atoms with Gasteiger partial charge in [0.2, 0.25) is 0 Å². The highest BCUT2D eigenvalue weighted by Crippen LogP contribution is 2.29. The van der Waals surface area contributed by atoms with E-state index in [0.717, 1.165) is 11.0 Å². The highest BCUT2D eigenvalue weighted by molar-refractivity contribution is 7.99. The van der Waals surface area contributed by atoms with Crippen molar-refractivity contribution >= 4 is 41.2 Å². The quantitative estimate of drug-likeness (QED) is 0.751. The third-order valence-electron chi connectivity index (χ3n) is 2.45. The molecule has 3 aromatic rings. The minimum Gasteiger partial charge on any atom is -0.369 e. The van der Waals surface area contributed by atoms with Gasteiger partial charge in [-0.05, 0) is 30.3 Å². The van der Waals surface area contributed by atoms with Gasteiger partial charge in [0, 0.05) is 9.79 Å². The molecule has 0 aliphatic heterocycles. The maximum atomic E-state index is 5.62. The van der Waals surface area contributed by atoms with E-state index in [-0.39, 0.29) is 12.4 Å². The van der Waals surface area contributed by atoms with Crippen molar-refractivity contribution in [2.24, 2.45) is 0 Å². The average molecular weight is 278 g/mol. The van der Waals surface area contributed by atoms with Gasteiger partial charge < -0.3 is 10.7 Å². The van der Waals surface area contributed by atoms with Crippen LogP contribution in [0.3, 0.4) is 0 Å². The summed E-state index contributed by atoms with van der Waals surface area (Å²) in [5.41, 5.74) is 7.50. The van der Waals surface area contributed by atoms with Crippen molar-refractivity contribution in [2.45, 2.75) is 9.79 Å². The fraction of sp³-hybridized carbons (Fsp3) is 0. The third-order valence-corrected chi connectivity index (χ3v) is 3.45. The van der Waals surface area contributed by atoms with Gasteiger partial charge in [0.15, 0.2) is 5.95 Å². The van der Waals surface area contributed by atoms with E-state index in [1.807, 2.05) is 24.3 Å². The van der Waals surface area contributed by atoms with Gasteiger partial charge in [-0.2, -0.15) is 0 Å². The topological polar surface area (TPSA) is 54.7 Å². The number of aromatic amines is 1. The molecule has 0 saturated heterocycles. The third kappa shape index (κ3) is 2.60. The first-order chi connectivity index (χ1) is 8.31. The zero-order valence-corrected chi connectivity index (χ0v) is 11.1. The van der Waals surface area contributed by atoms with Crippen LogP contribution in [0.4, 0.5) is 5.95 Å². The molecule has 3 nitrogen and oxygen atoms in total. The molecule has 0 atom stereocenters. The second-order valence-corrected chi connectivity index (χ2v) is 4.86. The Kier molecular flexibility index (Phi) is 3.79. The molecule has 3 rings (SSSR count). The molecule has 1 heterocycles. The van der Waals surface area contributed by atoms with E-state index in [1.54, 1.807) is 11.8 Å². The highest BCUT2D eigenvalue weighted by Gasteiger charge is 2.02. The summed E-state index contributed by atoms with van der Waals surface area (Å²) < 4.78 is 0. The second kappa shape index (κ2) is 5.33. The van der Waals surface area contributed by atoms with Crippen LogP contribution in [0.25, 0.3) is 11.0 Å². The number of benzene rings is 2. The monoisotopic (exact) mass is 277 g/mol. The number of nitrogens with zero attached hydrogens (tertiary/aromatic N) is 1. The Labute approximate surface area is 115 Å². The fourth-order valence-electron chi connectivity index (χ4n) is 1.70. The number of hydrogen-bond donors (Lipinski definition) is 2. The van der Waals surface area contributed by atoms with Gasteiger partial charge in [0.1, 0.15) is 0 Å². The van der Waals surface area contributed by atoms with E-state index in [1.165, 1.54) is 9.79 Å². The fourth-order valence-corrected chi connectivity index (χ4v) is 2.57. The highest BCUT2D eigenvalue weighted by atomic mass is 35.5. The summed E-state index contributed by atoms with van der Waals surface area (Å²) in [6.07, 6.45) is 0. The Balaban J connectivity index is 0.00000120. The van der Waals surface area contributed by atoms with Crippen LogP contribution in [0, 0.1) is 0 Å². The molecule has 0 spiro atoms. The van der Waals surface area contributed by atoms with Gasteiger partial charge >= 0.3 is 0 Å². The molecule has 0 bridgehead atoms. The molecular formula is C13H12ClN3S. The molecule has 0 aliphatic rings. The summed E-state index contributed by atoms with van der Waals surface area (Å²) in [5.74, 6) is 0.460. The SMILES string of the molecule is Cl.Nc1nc2ccc(Sc3ccccc3)cc2[nH]1. The van der Waals surface area contributed by atoms with E-state index < -0.39 is 0 Å². The molecule has 92 valence electrons. The van der Waals surface area contributed by atoms with Gasteiger partial charge in [-0.15, -0.1) is 12.4 Å². The maximum Gasteiger partial charge on any atom is 0.198 e. The lowest BCUT2D eigenvalue weighted by Crippen LogP contribution is -1.84. The van der Waals surface area contributed by atoms with Gasteiger partial charge in [-0.25, -0.2) is 4.98 Å². The Morgan fingerprint density at radius 1 is 1.00 bits per heavy atom. The first kappa shape index (κ1) is 12.8. The molecule has 0 amide bonds. The molecule has 0 radical (unpaired) electrons. The maximum absolute atomic E-state index is 5.62. The summed E-state index contributed by atoms with van der Waals surface area (Å²) in [5, 5.41) is 0. The van der Waals surface area contributed by atoms with Crippen LogP contribution >= 0.6 is 24.2 Å². The zero-order chi connectivity index (χ0) is 11.7. The van der Waals surface area contributed by atoms with Gasteiger partial charge in [-0.3, -0.25) is 0 Å². The van der Waals surface area contributed by atoms with Gasteiger partial charge in [0.25, 0.3) is 0 Å². The summed E-state index contributed by atoms with van der Waals surface area (Å²) >= 11 is 1.72. The summed E-state index contributed by atoms with van der Waals surface area (Å²) in [4.78, 5) is 9.61. The molecule has 0 saturated carbocycles. The number of rotatable bonds is 2.